The van der Waals surface area contributed by atoms with Crippen LogP contribution in [0.15, 0.2) is 41.8 Å². The number of thiophene rings is 1. The monoisotopic (exact) mass is 439 g/mol. The van der Waals surface area contributed by atoms with E-state index in [4.69, 9.17) is 19.4 Å². The van der Waals surface area contributed by atoms with Crippen LogP contribution in [-0.4, -0.2) is 51.0 Å². The number of carbonyl (C=O) groups is 2. The number of carbonyl (C=O) groups excluding carboxylic acids is 2. The Morgan fingerprint density at radius 2 is 1.81 bits per heavy atom. The van der Waals surface area contributed by atoms with Crippen LogP contribution in [-0.2, 0) is 9.53 Å². The van der Waals surface area contributed by atoms with Crippen molar-refractivity contribution in [3.05, 3.63) is 41.8 Å². The first kappa shape index (κ1) is 21.2. The van der Waals surface area contributed by atoms with E-state index in [0.29, 0.717) is 18.0 Å². The van der Waals surface area contributed by atoms with Gasteiger partial charge in [-0.15, -0.1) is 11.3 Å². The minimum absolute atomic E-state index is 0.0972. The smallest absolute Gasteiger partial charge is 0.411 e. The minimum Gasteiger partial charge on any atom is -0.471 e. The second-order valence-electron chi connectivity index (χ2n) is 8.58. The predicted molar refractivity (Wildman–Crippen MR) is 119 cm³/mol. The van der Waals surface area contributed by atoms with Gasteiger partial charge in [0.15, 0.2) is 5.78 Å². The van der Waals surface area contributed by atoms with Crippen molar-refractivity contribution in [2.45, 2.75) is 51.9 Å². The fourth-order valence-corrected chi connectivity index (χ4v) is 4.29. The number of fused-ring (bicyclic) bond motifs is 1. The fourth-order valence-electron chi connectivity index (χ4n) is 3.59. The van der Waals surface area contributed by atoms with Gasteiger partial charge in [-0.25, -0.2) is 14.8 Å². The van der Waals surface area contributed by atoms with Crippen LogP contribution < -0.4 is 4.74 Å². The average Bonchev–Trinajstić information content (AvgIpc) is 3.36. The standard InChI is InChI=1S/C23H25N3O4S/c1-14(27)18-12-15(13-26(18)22(28)30-23(2,3)4)29-21-20(19-10-7-11-31-19)24-16-8-5-6-9-17(16)25-21/h5-11,15,18H,12-13H2,1-4H3/t15-,18+/m1/s1. The summed E-state index contributed by atoms with van der Waals surface area (Å²) < 4.78 is 11.8. The highest BCUT2D eigenvalue weighted by Gasteiger charge is 2.41. The van der Waals surface area contributed by atoms with E-state index in [2.05, 4.69) is 0 Å². The molecule has 0 saturated carbocycles. The highest BCUT2D eigenvalue weighted by atomic mass is 32.1. The Labute approximate surface area is 185 Å². The number of likely N-dealkylation sites (tertiary alicyclic amines) is 1. The third-order valence-corrected chi connectivity index (χ3v) is 5.81. The van der Waals surface area contributed by atoms with Crippen LogP contribution >= 0.6 is 11.3 Å². The molecule has 1 aliphatic heterocycles. The highest BCUT2D eigenvalue weighted by Crippen LogP contribution is 2.34. The maximum absolute atomic E-state index is 12.7. The van der Waals surface area contributed by atoms with E-state index in [1.165, 1.54) is 11.8 Å². The van der Waals surface area contributed by atoms with Crippen LogP contribution in [0, 0.1) is 0 Å². The summed E-state index contributed by atoms with van der Waals surface area (Å²) in [5.74, 6) is 0.305. The van der Waals surface area contributed by atoms with Gasteiger partial charge in [0, 0.05) is 6.42 Å². The number of ketones is 1. The Hall–Kier alpha value is -3.00. The van der Waals surface area contributed by atoms with Crippen molar-refractivity contribution in [1.82, 2.24) is 14.9 Å². The maximum Gasteiger partial charge on any atom is 0.411 e. The van der Waals surface area contributed by atoms with Gasteiger partial charge in [0.05, 0.1) is 28.5 Å². The number of hydrogen-bond donors (Lipinski definition) is 0. The molecule has 0 spiro atoms. The second-order valence-corrected chi connectivity index (χ2v) is 9.53. The molecule has 3 aromatic rings. The van der Waals surface area contributed by atoms with E-state index in [9.17, 15) is 9.59 Å². The van der Waals surface area contributed by atoms with Crippen LogP contribution in [0.1, 0.15) is 34.1 Å². The Morgan fingerprint density at radius 3 is 2.42 bits per heavy atom. The summed E-state index contributed by atoms with van der Waals surface area (Å²) in [4.78, 5) is 36.8. The molecule has 1 aromatic carbocycles. The molecule has 1 aliphatic rings. The molecule has 4 rings (SSSR count). The van der Waals surface area contributed by atoms with Gasteiger partial charge in [-0.1, -0.05) is 18.2 Å². The molecule has 0 N–H and O–H groups in total. The van der Waals surface area contributed by atoms with Crippen LogP contribution in [0.4, 0.5) is 4.79 Å². The zero-order valence-electron chi connectivity index (χ0n) is 18.0. The SMILES string of the molecule is CC(=O)[C@@H]1C[C@@H](Oc2nc3ccccc3nc2-c2cccs2)CN1C(=O)OC(C)(C)C. The second kappa shape index (κ2) is 8.26. The molecule has 31 heavy (non-hydrogen) atoms. The van der Waals surface area contributed by atoms with Gasteiger partial charge in [0.2, 0.25) is 5.88 Å². The lowest BCUT2D eigenvalue weighted by molar-refractivity contribution is -0.121. The number of amides is 1. The van der Waals surface area contributed by atoms with Crippen LogP contribution in [0.2, 0.25) is 0 Å². The van der Waals surface area contributed by atoms with Crippen molar-refractivity contribution in [1.29, 1.82) is 0 Å². The third-order valence-electron chi connectivity index (χ3n) is 4.93. The molecular formula is C23H25N3O4S. The predicted octanol–water partition coefficient (Wildman–Crippen LogP) is 4.70. The van der Waals surface area contributed by atoms with Gasteiger partial charge < -0.3 is 9.47 Å². The van der Waals surface area contributed by atoms with Crippen molar-refractivity contribution >= 4 is 34.2 Å². The Morgan fingerprint density at radius 1 is 1.10 bits per heavy atom. The van der Waals surface area contributed by atoms with Crippen molar-refractivity contribution in [2.24, 2.45) is 0 Å². The number of para-hydroxylation sites is 2. The van der Waals surface area contributed by atoms with Gasteiger partial charge in [-0.05, 0) is 51.3 Å². The number of benzene rings is 1. The molecule has 0 radical (unpaired) electrons. The molecule has 0 bridgehead atoms. The number of nitrogens with zero attached hydrogens (tertiary/aromatic N) is 3. The van der Waals surface area contributed by atoms with Crippen LogP contribution in [0.25, 0.3) is 21.6 Å². The van der Waals surface area contributed by atoms with Gasteiger partial charge in [-0.2, -0.15) is 0 Å². The Balaban J connectivity index is 1.63. The van der Waals surface area contributed by atoms with Crippen LogP contribution in [0.3, 0.4) is 0 Å². The molecule has 2 atom stereocenters. The molecule has 1 amide bonds. The summed E-state index contributed by atoms with van der Waals surface area (Å²) in [7, 11) is 0. The quantitative estimate of drug-likeness (QED) is 0.586. The summed E-state index contributed by atoms with van der Waals surface area (Å²) in [6, 6.07) is 10.9. The Bertz CT molecular complexity index is 1110. The highest BCUT2D eigenvalue weighted by molar-refractivity contribution is 7.13. The van der Waals surface area contributed by atoms with Gasteiger partial charge in [-0.3, -0.25) is 9.69 Å². The van der Waals surface area contributed by atoms with E-state index in [0.717, 1.165) is 15.9 Å². The molecule has 3 heterocycles. The topological polar surface area (TPSA) is 81.6 Å². The van der Waals surface area contributed by atoms with Crippen LogP contribution in [0.5, 0.6) is 5.88 Å². The first-order valence-corrected chi connectivity index (χ1v) is 11.1. The fraction of sp³-hybridized carbons (Fsp3) is 0.391. The van der Waals surface area contributed by atoms with E-state index in [1.54, 1.807) is 32.1 Å². The molecule has 7 nitrogen and oxygen atoms in total. The summed E-state index contributed by atoms with van der Waals surface area (Å²) in [6.45, 7) is 7.13. The zero-order chi connectivity index (χ0) is 22.2. The average molecular weight is 440 g/mol. The molecule has 2 aromatic heterocycles. The molecule has 162 valence electrons. The molecule has 1 fully saturated rings. The molecule has 0 unspecified atom stereocenters. The van der Waals surface area contributed by atoms with Crippen molar-refractivity contribution in [3.63, 3.8) is 0 Å². The van der Waals surface area contributed by atoms with E-state index >= 15 is 0 Å². The molecule has 1 saturated heterocycles. The number of Topliss-reactive ketones (excluding diaryl/α,β-unsaturated/α-hetero) is 1. The molecule has 8 heteroatoms. The lowest BCUT2D eigenvalue weighted by Crippen LogP contribution is -2.43. The number of ether oxygens (including phenoxy) is 2. The van der Waals surface area contributed by atoms with Crippen molar-refractivity contribution < 1.29 is 19.1 Å². The number of hydrogen-bond acceptors (Lipinski definition) is 7. The summed E-state index contributed by atoms with van der Waals surface area (Å²) >= 11 is 1.55. The first-order valence-electron chi connectivity index (χ1n) is 10.2. The number of aromatic nitrogens is 2. The number of rotatable bonds is 4. The Kier molecular flexibility index (Phi) is 5.66. The van der Waals surface area contributed by atoms with Crippen molar-refractivity contribution in [3.8, 4) is 16.5 Å². The largest absolute Gasteiger partial charge is 0.471 e. The summed E-state index contributed by atoms with van der Waals surface area (Å²) in [6.07, 6.45) is -0.523. The van der Waals surface area contributed by atoms with Gasteiger partial charge >= 0.3 is 6.09 Å². The van der Waals surface area contributed by atoms with Gasteiger partial charge in [0.1, 0.15) is 17.4 Å². The van der Waals surface area contributed by atoms with E-state index in [1.807, 2.05) is 41.8 Å². The zero-order valence-corrected chi connectivity index (χ0v) is 18.8. The summed E-state index contributed by atoms with van der Waals surface area (Å²) in [5.41, 5.74) is 1.52. The maximum atomic E-state index is 12.7. The third kappa shape index (κ3) is 4.69. The summed E-state index contributed by atoms with van der Waals surface area (Å²) in [5, 5.41) is 1.97. The van der Waals surface area contributed by atoms with E-state index < -0.39 is 23.8 Å². The lowest BCUT2D eigenvalue weighted by Gasteiger charge is -2.27. The molecular weight excluding hydrogens is 414 g/mol. The molecule has 0 aliphatic carbocycles. The first-order chi connectivity index (χ1) is 14.7. The van der Waals surface area contributed by atoms with Crippen molar-refractivity contribution in [2.75, 3.05) is 6.54 Å². The lowest BCUT2D eigenvalue weighted by atomic mass is 10.1. The van der Waals surface area contributed by atoms with Gasteiger partial charge in [0.25, 0.3) is 0 Å². The van der Waals surface area contributed by atoms with E-state index in [-0.39, 0.29) is 12.3 Å². The minimum atomic E-state index is -0.645. The normalized spacial score (nSPS) is 18.9.